The number of aryl methyl sites for hydroxylation is 1. The summed E-state index contributed by atoms with van der Waals surface area (Å²) in [7, 11) is 3.29. The third kappa shape index (κ3) is 5.27. The molecule has 1 heterocycles. The van der Waals surface area contributed by atoms with E-state index in [9.17, 15) is 4.79 Å². The van der Waals surface area contributed by atoms with Gasteiger partial charge in [0.1, 0.15) is 11.5 Å². The quantitative estimate of drug-likeness (QED) is 0.552. The maximum Gasteiger partial charge on any atom is 0.257 e. The van der Waals surface area contributed by atoms with Crippen molar-refractivity contribution in [1.82, 2.24) is 4.98 Å². The van der Waals surface area contributed by atoms with E-state index in [-0.39, 0.29) is 5.91 Å². The van der Waals surface area contributed by atoms with Gasteiger partial charge in [0, 0.05) is 28.5 Å². The molecule has 3 rings (SSSR count). The maximum atomic E-state index is 12.4. The molecule has 146 valence electrons. The number of carbonyl (C=O) groups is 1. The number of carbonyl (C=O) groups excluding carboxylic acids is 1. The zero-order chi connectivity index (χ0) is 19.9. The van der Waals surface area contributed by atoms with E-state index in [2.05, 4.69) is 10.3 Å². The summed E-state index contributed by atoms with van der Waals surface area (Å²) in [6.07, 6.45) is 0. The number of methoxy groups -OCH3 is 2. The van der Waals surface area contributed by atoms with Gasteiger partial charge < -0.3 is 9.47 Å². The topological polar surface area (TPSA) is 60.5 Å². The number of hydrogen-bond donors (Lipinski definition) is 1. The van der Waals surface area contributed by atoms with Crippen LogP contribution in [0.2, 0.25) is 0 Å². The minimum Gasteiger partial charge on any atom is -0.497 e. The number of benzene rings is 2. The Morgan fingerprint density at radius 2 is 1.82 bits per heavy atom. The second-order valence-electron chi connectivity index (χ2n) is 6.13. The summed E-state index contributed by atoms with van der Waals surface area (Å²) in [5.41, 5.74) is 3.69. The second-order valence-corrected chi connectivity index (χ2v) is 7.97. The molecule has 1 aromatic heterocycles. The van der Waals surface area contributed by atoms with Crippen LogP contribution in [0.1, 0.15) is 27.2 Å². The summed E-state index contributed by atoms with van der Waals surface area (Å²) in [6.45, 7) is 1.92. The van der Waals surface area contributed by atoms with Crippen molar-refractivity contribution in [3.63, 3.8) is 0 Å². The van der Waals surface area contributed by atoms with Gasteiger partial charge in [-0.2, -0.15) is 11.8 Å². The molecular weight excluding hydrogens is 392 g/mol. The van der Waals surface area contributed by atoms with Crippen molar-refractivity contribution in [3.05, 3.63) is 70.2 Å². The van der Waals surface area contributed by atoms with E-state index in [1.54, 1.807) is 26.0 Å². The van der Waals surface area contributed by atoms with Crippen molar-refractivity contribution in [2.45, 2.75) is 18.4 Å². The van der Waals surface area contributed by atoms with Crippen LogP contribution in [0, 0.1) is 6.92 Å². The molecule has 3 aromatic rings. The highest BCUT2D eigenvalue weighted by Crippen LogP contribution is 2.27. The minimum absolute atomic E-state index is 0.130. The summed E-state index contributed by atoms with van der Waals surface area (Å²) in [4.78, 5) is 16.9. The molecule has 0 radical (unpaired) electrons. The van der Waals surface area contributed by atoms with Crippen LogP contribution in [0.15, 0.2) is 47.8 Å². The van der Waals surface area contributed by atoms with Crippen LogP contribution in [0.5, 0.6) is 11.5 Å². The lowest BCUT2D eigenvalue weighted by Crippen LogP contribution is -2.13. The smallest absolute Gasteiger partial charge is 0.257 e. The van der Waals surface area contributed by atoms with Crippen LogP contribution < -0.4 is 14.8 Å². The van der Waals surface area contributed by atoms with Gasteiger partial charge in [-0.1, -0.05) is 18.2 Å². The van der Waals surface area contributed by atoms with E-state index >= 15 is 0 Å². The van der Waals surface area contributed by atoms with Crippen molar-refractivity contribution in [1.29, 1.82) is 0 Å². The molecule has 0 unspecified atom stereocenters. The largest absolute Gasteiger partial charge is 0.497 e. The molecule has 0 fully saturated rings. The lowest BCUT2D eigenvalue weighted by molar-refractivity contribution is 0.102. The summed E-state index contributed by atoms with van der Waals surface area (Å²) in [5, 5.41) is 5.48. The number of hydrogen-bond acceptors (Lipinski definition) is 6. The number of amides is 1. The molecule has 0 spiro atoms. The highest BCUT2D eigenvalue weighted by atomic mass is 32.2. The molecule has 0 atom stereocenters. The Hall–Kier alpha value is -2.51. The van der Waals surface area contributed by atoms with Gasteiger partial charge in [0.05, 0.1) is 19.9 Å². The molecule has 2 aromatic carbocycles. The van der Waals surface area contributed by atoms with Gasteiger partial charge >= 0.3 is 0 Å². The van der Waals surface area contributed by atoms with E-state index in [1.807, 2.05) is 54.8 Å². The first-order valence-electron chi connectivity index (χ1n) is 8.70. The predicted octanol–water partition coefficient (Wildman–Crippen LogP) is 5.15. The van der Waals surface area contributed by atoms with Gasteiger partial charge in [0.2, 0.25) is 0 Å². The summed E-state index contributed by atoms with van der Waals surface area (Å²) >= 11 is 3.19. The third-order valence-electron chi connectivity index (χ3n) is 4.09. The highest BCUT2D eigenvalue weighted by Gasteiger charge is 2.11. The molecule has 1 amide bonds. The lowest BCUT2D eigenvalue weighted by atomic mass is 10.1. The molecule has 0 aliphatic carbocycles. The fourth-order valence-electron chi connectivity index (χ4n) is 2.65. The van der Waals surface area contributed by atoms with E-state index < -0.39 is 0 Å². The number of thiazole rings is 1. The van der Waals surface area contributed by atoms with Crippen LogP contribution in [-0.4, -0.2) is 25.1 Å². The van der Waals surface area contributed by atoms with Crippen molar-refractivity contribution in [2.24, 2.45) is 0 Å². The molecule has 1 N–H and O–H groups in total. The fraction of sp³-hybridized carbons (Fsp3) is 0.238. The number of thioether (sulfide) groups is 1. The zero-order valence-corrected chi connectivity index (χ0v) is 17.7. The number of anilines is 1. The van der Waals surface area contributed by atoms with Gasteiger partial charge in [0.25, 0.3) is 5.91 Å². The van der Waals surface area contributed by atoms with Crippen molar-refractivity contribution in [2.75, 3.05) is 19.5 Å². The minimum atomic E-state index is -0.130. The SMILES string of the molecule is COc1cc(CSCc2csc(NC(=O)c3ccccc3C)n2)cc(OC)c1. The molecule has 0 bridgehead atoms. The van der Waals surface area contributed by atoms with E-state index in [0.29, 0.717) is 10.7 Å². The number of nitrogens with one attached hydrogen (secondary N) is 1. The van der Waals surface area contributed by atoms with Gasteiger partial charge in [-0.25, -0.2) is 4.98 Å². The van der Waals surface area contributed by atoms with Gasteiger partial charge in [-0.15, -0.1) is 11.3 Å². The predicted molar refractivity (Wildman–Crippen MR) is 116 cm³/mol. The van der Waals surface area contributed by atoms with E-state index in [0.717, 1.165) is 39.8 Å². The zero-order valence-electron chi connectivity index (χ0n) is 16.0. The first kappa shape index (κ1) is 20.2. The third-order valence-corrected chi connectivity index (χ3v) is 5.94. The Morgan fingerprint density at radius 3 is 2.50 bits per heavy atom. The first-order chi connectivity index (χ1) is 13.6. The molecule has 28 heavy (non-hydrogen) atoms. The van der Waals surface area contributed by atoms with E-state index in [4.69, 9.17) is 9.47 Å². The number of rotatable bonds is 8. The Morgan fingerprint density at radius 1 is 1.11 bits per heavy atom. The van der Waals surface area contributed by atoms with E-state index in [1.165, 1.54) is 11.3 Å². The van der Waals surface area contributed by atoms with Crippen LogP contribution in [0.25, 0.3) is 0 Å². The molecule has 7 heteroatoms. The monoisotopic (exact) mass is 414 g/mol. The molecule has 0 aliphatic heterocycles. The number of aromatic nitrogens is 1. The maximum absolute atomic E-state index is 12.4. The molecule has 0 saturated carbocycles. The summed E-state index contributed by atoms with van der Waals surface area (Å²) < 4.78 is 10.6. The number of ether oxygens (including phenoxy) is 2. The molecule has 5 nitrogen and oxygen atoms in total. The molecular formula is C21H22N2O3S2. The average molecular weight is 415 g/mol. The first-order valence-corrected chi connectivity index (χ1v) is 10.7. The van der Waals surface area contributed by atoms with Gasteiger partial charge in [-0.05, 0) is 36.2 Å². The van der Waals surface area contributed by atoms with Crippen molar-refractivity contribution < 1.29 is 14.3 Å². The number of nitrogens with zero attached hydrogens (tertiary/aromatic N) is 1. The van der Waals surface area contributed by atoms with Crippen LogP contribution in [0.4, 0.5) is 5.13 Å². The van der Waals surface area contributed by atoms with Crippen molar-refractivity contribution >= 4 is 34.1 Å². The lowest BCUT2D eigenvalue weighted by Gasteiger charge is -2.08. The van der Waals surface area contributed by atoms with Gasteiger partial charge in [0.15, 0.2) is 5.13 Å². The average Bonchev–Trinajstić information content (AvgIpc) is 3.15. The second kappa shape index (κ2) is 9.61. The Bertz CT molecular complexity index is 934. The fourth-order valence-corrected chi connectivity index (χ4v) is 4.32. The molecule has 0 saturated heterocycles. The summed E-state index contributed by atoms with van der Waals surface area (Å²) in [6, 6.07) is 13.4. The van der Waals surface area contributed by atoms with Crippen LogP contribution >= 0.6 is 23.1 Å². The highest BCUT2D eigenvalue weighted by molar-refractivity contribution is 7.97. The standard InChI is InChI=1S/C21H22N2O3S2/c1-14-6-4-5-7-19(14)20(24)23-21-22-16(13-28-21)12-27-11-15-8-17(25-2)10-18(9-15)26-3/h4-10,13H,11-12H2,1-3H3,(H,22,23,24). The normalized spacial score (nSPS) is 10.5. The Kier molecular flexibility index (Phi) is 6.95. The van der Waals surface area contributed by atoms with Gasteiger partial charge in [-0.3, -0.25) is 10.1 Å². The van der Waals surface area contributed by atoms with Crippen LogP contribution in [0.3, 0.4) is 0 Å². The Balaban J connectivity index is 1.55. The molecule has 0 aliphatic rings. The van der Waals surface area contributed by atoms with Crippen LogP contribution in [-0.2, 0) is 11.5 Å². The van der Waals surface area contributed by atoms with Crippen molar-refractivity contribution in [3.8, 4) is 11.5 Å². The summed E-state index contributed by atoms with van der Waals surface area (Å²) in [5.74, 6) is 3.01. The Labute approximate surface area is 173 Å².